The average Bonchev–Trinajstić information content (AvgIpc) is 2.42. The zero-order valence-electron chi connectivity index (χ0n) is 12.1. The lowest BCUT2D eigenvalue weighted by atomic mass is 10.1. The topological polar surface area (TPSA) is 58.6 Å². The van der Waals surface area contributed by atoms with E-state index in [1.165, 1.54) is 0 Å². The molecule has 2 amide bonds. The van der Waals surface area contributed by atoms with Gasteiger partial charge in [0.05, 0.1) is 0 Å². The summed E-state index contributed by atoms with van der Waals surface area (Å²) in [5.41, 5.74) is -0.557. The van der Waals surface area contributed by atoms with Crippen LogP contribution in [0.2, 0.25) is 0 Å². The van der Waals surface area contributed by atoms with Gasteiger partial charge in [0.1, 0.15) is 11.6 Å². The first-order chi connectivity index (χ1) is 8.83. The highest BCUT2D eigenvalue weighted by atomic mass is 16.6. The molecule has 1 atom stereocenters. The lowest BCUT2D eigenvalue weighted by molar-refractivity contribution is -0.132. The molecule has 0 bridgehead atoms. The predicted octanol–water partition coefficient (Wildman–Crippen LogP) is 2.08. The standard InChI is InChI=1S/C14H24N2O3/c1-5-9-16-10-7-6-8-11(12(16)17)15-13(18)19-14(2,3)4/h5,11H,1,6-10H2,2-4H3,(H,15,18)/t11-/m0/s1. The van der Waals surface area contributed by atoms with E-state index in [9.17, 15) is 9.59 Å². The first-order valence-electron chi connectivity index (χ1n) is 6.72. The number of hydrogen-bond acceptors (Lipinski definition) is 3. The Balaban J connectivity index is 2.62. The maximum atomic E-state index is 12.2. The normalized spacial score (nSPS) is 20.7. The van der Waals surface area contributed by atoms with Crippen molar-refractivity contribution in [3.8, 4) is 0 Å². The van der Waals surface area contributed by atoms with Gasteiger partial charge in [0.15, 0.2) is 0 Å². The van der Waals surface area contributed by atoms with Crippen molar-refractivity contribution in [2.24, 2.45) is 0 Å². The summed E-state index contributed by atoms with van der Waals surface area (Å²) in [6, 6.07) is -0.489. The molecule has 0 aromatic heterocycles. The maximum Gasteiger partial charge on any atom is 0.408 e. The fourth-order valence-corrected chi connectivity index (χ4v) is 2.03. The minimum absolute atomic E-state index is 0.0525. The van der Waals surface area contributed by atoms with Crippen LogP contribution in [-0.4, -0.2) is 41.6 Å². The minimum Gasteiger partial charge on any atom is -0.444 e. The van der Waals surface area contributed by atoms with Crippen molar-refractivity contribution in [1.29, 1.82) is 0 Å². The zero-order valence-corrected chi connectivity index (χ0v) is 12.1. The molecule has 0 aromatic carbocycles. The van der Waals surface area contributed by atoms with Gasteiger partial charge in [0.25, 0.3) is 0 Å². The Morgan fingerprint density at radius 2 is 2.21 bits per heavy atom. The second kappa shape index (κ2) is 6.59. The summed E-state index contributed by atoms with van der Waals surface area (Å²) in [4.78, 5) is 25.7. The molecule has 0 unspecified atom stereocenters. The number of ether oxygens (including phenoxy) is 1. The number of carbonyl (C=O) groups is 2. The van der Waals surface area contributed by atoms with E-state index in [0.717, 1.165) is 19.4 Å². The summed E-state index contributed by atoms with van der Waals surface area (Å²) >= 11 is 0. The molecule has 1 aliphatic rings. The largest absolute Gasteiger partial charge is 0.444 e. The maximum absolute atomic E-state index is 12.2. The number of likely N-dealkylation sites (tertiary alicyclic amines) is 1. The van der Waals surface area contributed by atoms with E-state index in [2.05, 4.69) is 11.9 Å². The van der Waals surface area contributed by atoms with Crippen molar-refractivity contribution in [2.45, 2.75) is 51.7 Å². The second-order valence-electron chi connectivity index (χ2n) is 5.77. The molecular weight excluding hydrogens is 244 g/mol. The molecule has 1 aliphatic heterocycles. The number of nitrogens with zero attached hydrogens (tertiary/aromatic N) is 1. The van der Waals surface area contributed by atoms with Crippen molar-refractivity contribution >= 4 is 12.0 Å². The third-order valence-corrected chi connectivity index (χ3v) is 2.82. The Labute approximate surface area is 115 Å². The van der Waals surface area contributed by atoms with Crippen LogP contribution in [0.3, 0.4) is 0 Å². The van der Waals surface area contributed by atoms with E-state index in [-0.39, 0.29) is 5.91 Å². The molecule has 1 heterocycles. The molecule has 1 rings (SSSR count). The van der Waals surface area contributed by atoms with Gasteiger partial charge in [-0.25, -0.2) is 4.79 Å². The van der Waals surface area contributed by atoms with Crippen LogP contribution in [0.15, 0.2) is 12.7 Å². The summed E-state index contributed by atoms with van der Waals surface area (Å²) in [5, 5.41) is 2.67. The number of nitrogens with one attached hydrogen (secondary N) is 1. The summed E-state index contributed by atoms with van der Waals surface area (Å²) in [6.07, 6.45) is 3.69. The van der Waals surface area contributed by atoms with Crippen LogP contribution in [0.5, 0.6) is 0 Å². The summed E-state index contributed by atoms with van der Waals surface area (Å²) < 4.78 is 5.18. The molecule has 1 N–H and O–H groups in total. The number of amides is 2. The van der Waals surface area contributed by atoms with E-state index < -0.39 is 17.7 Å². The lowest BCUT2D eigenvalue weighted by Crippen LogP contribution is -2.48. The molecule has 0 aliphatic carbocycles. The van der Waals surface area contributed by atoms with Crippen LogP contribution >= 0.6 is 0 Å². The second-order valence-corrected chi connectivity index (χ2v) is 5.77. The van der Waals surface area contributed by atoms with Gasteiger partial charge in [-0.1, -0.05) is 6.08 Å². The van der Waals surface area contributed by atoms with Crippen molar-refractivity contribution < 1.29 is 14.3 Å². The molecular formula is C14H24N2O3. The number of carbonyl (C=O) groups excluding carboxylic acids is 2. The number of hydrogen-bond donors (Lipinski definition) is 1. The third kappa shape index (κ3) is 5.32. The molecule has 0 radical (unpaired) electrons. The third-order valence-electron chi connectivity index (χ3n) is 2.82. The van der Waals surface area contributed by atoms with Crippen LogP contribution in [0, 0.1) is 0 Å². The molecule has 0 saturated carbocycles. The highest BCUT2D eigenvalue weighted by Gasteiger charge is 2.29. The minimum atomic E-state index is -0.557. The Morgan fingerprint density at radius 1 is 1.53 bits per heavy atom. The molecule has 19 heavy (non-hydrogen) atoms. The first-order valence-corrected chi connectivity index (χ1v) is 6.72. The van der Waals surface area contributed by atoms with Crippen molar-refractivity contribution in [3.63, 3.8) is 0 Å². The van der Waals surface area contributed by atoms with E-state index in [0.29, 0.717) is 13.0 Å². The quantitative estimate of drug-likeness (QED) is 0.797. The highest BCUT2D eigenvalue weighted by Crippen LogP contribution is 2.13. The monoisotopic (exact) mass is 268 g/mol. The molecule has 0 spiro atoms. The number of rotatable bonds is 3. The van der Waals surface area contributed by atoms with Gasteiger partial charge in [-0.05, 0) is 40.0 Å². The zero-order chi connectivity index (χ0) is 14.5. The van der Waals surface area contributed by atoms with E-state index in [4.69, 9.17) is 4.74 Å². The molecule has 0 aromatic rings. The van der Waals surface area contributed by atoms with Gasteiger partial charge in [0.2, 0.25) is 5.91 Å². The lowest BCUT2D eigenvalue weighted by Gasteiger charge is -2.25. The average molecular weight is 268 g/mol. The fourth-order valence-electron chi connectivity index (χ4n) is 2.03. The van der Waals surface area contributed by atoms with Gasteiger partial charge in [-0.3, -0.25) is 4.79 Å². The molecule has 1 fully saturated rings. The molecule has 1 saturated heterocycles. The predicted molar refractivity (Wildman–Crippen MR) is 73.8 cm³/mol. The van der Waals surface area contributed by atoms with Crippen LogP contribution in [-0.2, 0) is 9.53 Å². The van der Waals surface area contributed by atoms with Crippen LogP contribution in [0.4, 0.5) is 4.79 Å². The van der Waals surface area contributed by atoms with Crippen molar-refractivity contribution in [3.05, 3.63) is 12.7 Å². The van der Waals surface area contributed by atoms with E-state index in [1.54, 1.807) is 31.7 Å². The Morgan fingerprint density at radius 3 is 2.79 bits per heavy atom. The molecule has 108 valence electrons. The smallest absolute Gasteiger partial charge is 0.408 e. The van der Waals surface area contributed by atoms with Gasteiger partial charge >= 0.3 is 6.09 Å². The summed E-state index contributed by atoms with van der Waals surface area (Å²) in [6.45, 7) is 10.3. The van der Waals surface area contributed by atoms with Gasteiger partial charge < -0.3 is 15.0 Å². The summed E-state index contributed by atoms with van der Waals surface area (Å²) in [5.74, 6) is -0.0525. The van der Waals surface area contributed by atoms with Crippen LogP contribution in [0.25, 0.3) is 0 Å². The van der Waals surface area contributed by atoms with E-state index in [1.807, 2.05) is 0 Å². The SMILES string of the molecule is C=CCN1CCCC[C@H](NC(=O)OC(C)(C)C)C1=O. The Hall–Kier alpha value is -1.52. The molecule has 5 heteroatoms. The number of alkyl carbamates (subject to hydrolysis) is 1. The van der Waals surface area contributed by atoms with Crippen molar-refractivity contribution in [2.75, 3.05) is 13.1 Å². The van der Waals surface area contributed by atoms with Crippen LogP contribution in [0.1, 0.15) is 40.0 Å². The highest BCUT2D eigenvalue weighted by molar-refractivity contribution is 5.86. The van der Waals surface area contributed by atoms with Gasteiger partial charge in [0, 0.05) is 13.1 Å². The van der Waals surface area contributed by atoms with Crippen LogP contribution < -0.4 is 5.32 Å². The fraction of sp³-hybridized carbons (Fsp3) is 0.714. The van der Waals surface area contributed by atoms with Crippen molar-refractivity contribution in [1.82, 2.24) is 10.2 Å². The van der Waals surface area contributed by atoms with Gasteiger partial charge in [-0.2, -0.15) is 0 Å². The van der Waals surface area contributed by atoms with E-state index >= 15 is 0 Å². The Kier molecular flexibility index (Phi) is 5.39. The Bertz CT molecular complexity index is 347. The summed E-state index contributed by atoms with van der Waals surface area (Å²) in [7, 11) is 0. The van der Waals surface area contributed by atoms with Gasteiger partial charge in [-0.15, -0.1) is 6.58 Å². The molecule has 5 nitrogen and oxygen atoms in total. The first kappa shape index (κ1) is 15.5.